The molecule has 36 atom stereocenters. The second-order valence-corrected chi connectivity index (χ2v) is 24.6. The van der Waals surface area contributed by atoms with Gasteiger partial charge in [-0.05, 0) is 262 Å². The molecule has 0 N–H and O–H groups in total. The average Bonchev–Trinajstić information content (AvgIpc) is 2.93. The summed E-state index contributed by atoms with van der Waals surface area (Å²) in [7, 11) is 0. The van der Waals surface area contributed by atoms with Crippen molar-refractivity contribution in [2.75, 3.05) is 0 Å². The predicted octanol–water partition coefficient (Wildman–Crippen LogP) is 6.48. The van der Waals surface area contributed by atoms with Crippen LogP contribution in [-0.4, -0.2) is 0 Å². The van der Waals surface area contributed by atoms with E-state index in [1.54, 1.807) is 25.7 Å². The van der Waals surface area contributed by atoms with Crippen molar-refractivity contribution in [1.29, 1.82) is 0 Å². The Morgan fingerprint density at radius 1 is 0.114 bits per heavy atom. The quantitative estimate of drug-likeness (QED) is 0.290. The van der Waals surface area contributed by atoms with Gasteiger partial charge in [0.05, 0.1) is 0 Å². The molecule has 0 aliphatic heterocycles. The molecule has 0 bridgehead atoms. The molecule has 0 saturated heterocycles. The topological polar surface area (TPSA) is 0 Å². The first-order chi connectivity index (χ1) is 22.0. The van der Waals surface area contributed by atoms with Crippen LogP contribution in [0.1, 0.15) is 25.7 Å². The van der Waals surface area contributed by atoms with Gasteiger partial charge in [0.2, 0.25) is 0 Å². The van der Waals surface area contributed by atoms with E-state index >= 15 is 0 Å². The summed E-state index contributed by atoms with van der Waals surface area (Å²) in [6.07, 6.45) is 6.63. The zero-order valence-corrected chi connectivity index (χ0v) is 25.9. The fourth-order valence-corrected chi connectivity index (χ4v) is 28.2. The van der Waals surface area contributed by atoms with Gasteiger partial charge in [-0.2, -0.15) is 0 Å². The molecular formula is C44H48. The molecule has 0 amide bonds. The lowest BCUT2D eigenvalue weighted by Crippen LogP contribution is -2.98. The third-order valence-electron chi connectivity index (χ3n) is 27.9. The van der Waals surface area contributed by atoms with Crippen LogP contribution in [0.15, 0.2) is 0 Å². The maximum absolute atomic E-state index is 1.66. The van der Waals surface area contributed by atoms with Gasteiger partial charge in [0.25, 0.3) is 0 Å². The molecule has 0 spiro atoms. The van der Waals surface area contributed by atoms with E-state index < -0.39 is 0 Å². The van der Waals surface area contributed by atoms with E-state index in [1.807, 2.05) is 0 Å². The van der Waals surface area contributed by atoms with Crippen molar-refractivity contribution in [3.63, 3.8) is 0 Å². The Balaban J connectivity index is 0.569. The van der Waals surface area contributed by atoms with E-state index in [-0.39, 0.29) is 0 Å². The van der Waals surface area contributed by atoms with Crippen LogP contribution in [-0.2, 0) is 0 Å². The Labute approximate surface area is 261 Å². The highest BCUT2D eigenvalue weighted by molar-refractivity contribution is 5.45. The molecule has 0 heteroatoms. The Morgan fingerprint density at radius 2 is 0.205 bits per heavy atom. The van der Waals surface area contributed by atoms with E-state index in [2.05, 4.69) is 0 Å². The maximum atomic E-state index is 1.66. The predicted molar refractivity (Wildman–Crippen MR) is 158 cm³/mol. The van der Waals surface area contributed by atoms with Crippen LogP contribution in [0.25, 0.3) is 0 Å². The lowest BCUT2D eigenvalue weighted by atomic mass is 9.03. The van der Waals surface area contributed by atoms with Crippen LogP contribution in [0.5, 0.6) is 0 Å². The molecule has 0 radical (unpaired) electrons. The van der Waals surface area contributed by atoms with E-state index in [9.17, 15) is 0 Å². The Bertz CT molecular complexity index is 1470. The normalized spacial score (nSPS) is 100. The van der Waals surface area contributed by atoms with Crippen LogP contribution in [0.3, 0.4) is 0 Å². The first kappa shape index (κ1) is 19.9. The van der Waals surface area contributed by atoms with Crippen molar-refractivity contribution in [3.05, 3.63) is 0 Å². The van der Waals surface area contributed by atoms with Crippen molar-refractivity contribution in [2.45, 2.75) is 25.7 Å². The molecule has 0 aromatic carbocycles. The molecule has 36 unspecified atom stereocenters. The third kappa shape index (κ3) is 1.21. The molecule has 44 heavy (non-hydrogen) atoms. The second-order valence-electron chi connectivity index (χ2n) is 24.6. The molecule has 224 valence electrons. The van der Waals surface area contributed by atoms with Crippen molar-refractivity contribution in [3.8, 4) is 0 Å². The second kappa shape index (κ2) is 4.93. The molecule has 0 aromatic heterocycles. The SMILES string of the molecule is C1CC2C1C1C2C2C1C1C2C2C1C1C2C2C1C1C2C2C1C1C2C2C3C4C5C6C7C8C9C%10C%11CCC%11C%10C9C8C7C6C5C4C3C12. The van der Waals surface area contributed by atoms with Gasteiger partial charge in [0.15, 0.2) is 0 Å². The monoisotopic (exact) mass is 576 g/mol. The Hall–Kier alpha value is 0. The van der Waals surface area contributed by atoms with Gasteiger partial charge in [-0.3, -0.25) is 0 Å². The lowest BCUT2D eigenvalue weighted by molar-refractivity contribution is -0.546. The van der Waals surface area contributed by atoms with E-state index in [0.29, 0.717) is 0 Å². The number of hydrogen-bond acceptors (Lipinski definition) is 0. The third-order valence-corrected chi connectivity index (χ3v) is 27.9. The van der Waals surface area contributed by atoms with Gasteiger partial charge in [-0.25, -0.2) is 0 Å². The van der Waals surface area contributed by atoms with Gasteiger partial charge < -0.3 is 0 Å². The first-order valence-corrected chi connectivity index (χ1v) is 22.0. The zero-order chi connectivity index (χ0) is 25.9. The van der Waals surface area contributed by atoms with E-state index in [1.165, 1.54) is 237 Å². The van der Waals surface area contributed by atoms with Crippen molar-refractivity contribution < 1.29 is 0 Å². The minimum absolute atomic E-state index is 1.27. The standard InChI is InChI=1S/C44H48/c1-2-6-5(1)9-10(6)14-13(9)17-18(14)22-21(17)25-26(22)30-29(25)33-34(30)38-37(33)41-42(38)44-40-36-32-28-24-20-16-12-8-4-3-7(8)11(12)15(16)19(20)23(24)27(28)31(32)35(36)39(40)43(41)44/h5-44H,1-4H2. The van der Waals surface area contributed by atoms with Gasteiger partial charge >= 0.3 is 0 Å². The summed E-state index contributed by atoms with van der Waals surface area (Å²) in [5, 5.41) is 0. The number of fused-ring (bicyclic) bond motifs is 58. The zero-order valence-electron chi connectivity index (χ0n) is 25.9. The summed E-state index contributed by atoms with van der Waals surface area (Å²) in [5.41, 5.74) is 0. The van der Waals surface area contributed by atoms with Crippen LogP contribution in [0, 0.1) is 237 Å². The highest BCUT2D eigenvalue weighted by Crippen LogP contribution is 3.02. The van der Waals surface area contributed by atoms with Crippen LogP contribution in [0.4, 0.5) is 0 Å². The molecule has 21 saturated carbocycles. The molecule has 0 nitrogen and oxygen atoms in total. The maximum Gasteiger partial charge on any atom is -0.0312 e. The summed E-state index contributed by atoms with van der Waals surface area (Å²) in [6, 6.07) is 0. The molecule has 21 aliphatic rings. The highest BCUT2D eigenvalue weighted by Gasteiger charge is 2.98. The number of rotatable bonds is 0. The molecule has 21 aliphatic carbocycles. The Kier molecular flexibility index (Phi) is 2.23. The summed E-state index contributed by atoms with van der Waals surface area (Å²) in [4.78, 5) is 0. The minimum Gasteiger partial charge on any atom is -0.0496 e. The van der Waals surface area contributed by atoms with E-state index in [0.717, 1.165) is 0 Å². The summed E-state index contributed by atoms with van der Waals surface area (Å²) < 4.78 is 0. The fourth-order valence-electron chi connectivity index (χ4n) is 28.2. The van der Waals surface area contributed by atoms with E-state index in [4.69, 9.17) is 0 Å². The van der Waals surface area contributed by atoms with Crippen LogP contribution < -0.4 is 0 Å². The summed E-state index contributed by atoms with van der Waals surface area (Å²) >= 11 is 0. The molecular weight excluding hydrogens is 528 g/mol. The van der Waals surface area contributed by atoms with Crippen molar-refractivity contribution in [2.24, 2.45) is 237 Å². The van der Waals surface area contributed by atoms with Gasteiger partial charge in [-0.1, -0.05) is 0 Å². The summed E-state index contributed by atoms with van der Waals surface area (Å²) in [5.74, 6) is 52.7. The average molecular weight is 577 g/mol. The molecule has 0 heterocycles. The molecule has 0 aromatic rings. The van der Waals surface area contributed by atoms with Crippen LogP contribution in [0.2, 0.25) is 0 Å². The van der Waals surface area contributed by atoms with Gasteiger partial charge in [0.1, 0.15) is 0 Å². The Morgan fingerprint density at radius 3 is 0.295 bits per heavy atom. The number of hydrogen-bond donors (Lipinski definition) is 0. The van der Waals surface area contributed by atoms with Crippen LogP contribution >= 0.6 is 0 Å². The minimum atomic E-state index is 1.27. The van der Waals surface area contributed by atoms with Gasteiger partial charge in [-0.15, -0.1) is 0 Å². The molecule has 21 rings (SSSR count). The fraction of sp³-hybridized carbons (Fsp3) is 1.00. The highest BCUT2D eigenvalue weighted by atomic mass is 15.0. The van der Waals surface area contributed by atoms with Crippen molar-refractivity contribution in [1.82, 2.24) is 0 Å². The lowest BCUT2D eigenvalue weighted by Gasteiger charge is -3.01. The first-order valence-electron chi connectivity index (χ1n) is 22.0. The molecule has 21 fully saturated rings. The smallest absolute Gasteiger partial charge is 0.0312 e. The van der Waals surface area contributed by atoms with Crippen molar-refractivity contribution >= 4 is 0 Å². The summed E-state index contributed by atoms with van der Waals surface area (Å²) in [6.45, 7) is 0. The van der Waals surface area contributed by atoms with Gasteiger partial charge in [0, 0.05) is 0 Å². The largest absolute Gasteiger partial charge is 0.0496 e.